The van der Waals surface area contributed by atoms with E-state index < -0.39 is 15.8 Å². The average Bonchev–Trinajstić information content (AvgIpc) is 3.22. The Balaban J connectivity index is 1.77. The zero-order valence-corrected chi connectivity index (χ0v) is 17.8. The van der Waals surface area contributed by atoms with Crippen LogP contribution in [0.5, 0.6) is 0 Å². The van der Waals surface area contributed by atoms with Crippen molar-refractivity contribution in [2.24, 2.45) is 0 Å². The molecule has 0 radical (unpaired) electrons. The van der Waals surface area contributed by atoms with E-state index in [9.17, 15) is 17.6 Å². The molecule has 0 unspecified atom stereocenters. The van der Waals surface area contributed by atoms with Crippen LogP contribution in [0, 0.1) is 12.7 Å². The van der Waals surface area contributed by atoms with Crippen LogP contribution in [0.3, 0.4) is 0 Å². The van der Waals surface area contributed by atoms with Gasteiger partial charge < -0.3 is 4.98 Å². The van der Waals surface area contributed by atoms with Gasteiger partial charge in [0.15, 0.2) is 0 Å². The highest BCUT2D eigenvalue weighted by atomic mass is 32.2. The average molecular weight is 443 g/mol. The van der Waals surface area contributed by atoms with Gasteiger partial charge in [-0.15, -0.1) is 11.3 Å². The molecule has 0 aliphatic heterocycles. The van der Waals surface area contributed by atoms with Crippen LogP contribution in [-0.2, 0) is 23.1 Å². The van der Waals surface area contributed by atoms with E-state index in [1.54, 1.807) is 6.07 Å². The predicted octanol–water partition coefficient (Wildman–Crippen LogP) is 4.43. The van der Waals surface area contributed by atoms with Crippen molar-refractivity contribution in [3.05, 3.63) is 98.2 Å². The molecule has 1 N–H and O–H groups in total. The highest BCUT2D eigenvalue weighted by Crippen LogP contribution is 2.23. The lowest BCUT2D eigenvalue weighted by Crippen LogP contribution is -2.32. The normalized spacial score (nSPS) is 12.0. The molecule has 0 spiro atoms. The number of nitrogens with one attached hydrogen (secondary N) is 1. The number of aryl methyl sites for hydroxylation is 1. The van der Waals surface area contributed by atoms with E-state index in [4.69, 9.17) is 0 Å². The van der Waals surface area contributed by atoms with E-state index in [0.717, 1.165) is 28.0 Å². The fourth-order valence-corrected chi connectivity index (χ4v) is 5.43. The maximum absolute atomic E-state index is 13.3. The van der Waals surface area contributed by atoms with Crippen molar-refractivity contribution in [3.8, 4) is 0 Å². The molecule has 0 saturated heterocycles. The first-order valence-electron chi connectivity index (χ1n) is 9.23. The van der Waals surface area contributed by atoms with Gasteiger partial charge in [-0.1, -0.05) is 17.7 Å². The van der Waals surface area contributed by atoms with Crippen LogP contribution in [0.15, 0.2) is 75.7 Å². The van der Waals surface area contributed by atoms with E-state index in [1.165, 1.54) is 27.8 Å². The van der Waals surface area contributed by atoms with E-state index in [2.05, 4.69) is 4.98 Å². The van der Waals surface area contributed by atoms with Crippen molar-refractivity contribution in [1.29, 1.82) is 0 Å². The van der Waals surface area contributed by atoms with Gasteiger partial charge in [-0.25, -0.2) is 12.8 Å². The Labute approximate surface area is 177 Å². The van der Waals surface area contributed by atoms with Gasteiger partial charge in [0.05, 0.1) is 4.90 Å². The summed E-state index contributed by atoms with van der Waals surface area (Å²) in [4.78, 5) is 16.3. The summed E-state index contributed by atoms with van der Waals surface area (Å²) in [7, 11) is -3.95. The van der Waals surface area contributed by atoms with Crippen molar-refractivity contribution in [1.82, 2.24) is 9.29 Å². The SMILES string of the molecule is Cc1ccc2[nH]c(=O)c(CN(Cc3cccs3)S(=O)(=O)c3ccc(F)cc3)cc2c1. The molecule has 2 heterocycles. The van der Waals surface area contributed by atoms with Crippen molar-refractivity contribution < 1.29 is 12.8 Å². The third-order valence-corrected chi connectivity index (χ3v) is 7.45. The quantitative estimate of drug-likeness (QED) is 0.480. The molecule has 30 heavy (non-hydrogen) atoms. The first kappa shape index (κ1) is 20.5. The fourth-order valence-electron chi connectivity index (χ4n) is 3.24. The molecule has 0 amide bonds. The molecular weight excluding hydrogens is 423 g/mol. The minimum absolute atomic E-state index is 0.0199. The summed E-state index contributed by atoms with van der Waals surface area (Å²) in [5, 5.41) is 2.70. The number of H-pyrrole nitrogens is 1. The van der Waals surface area contributed by atoms with Gasteiger partial charge in [-0.05, 0) is 66.2 Å². The summed E-state index contributed by atoms with van der Waals surface area (Å²) < 4.78 is 41.2. The standard InChI is InChI=1S/C22H19FN2O3S2/c1-15-4-9-21-16(11-15)12-17(22(26)24-21)13-25(14-19-3-2-10-29-19)30(27,28)20-7-5-18(23)6-8-20/h2-12H,13-14H2,1H3,(H,24,26). The largest absolute Gasteiger partial charge is 0.322 e. The maximum Gasteiger partial charge on any atom is 0.252 e. The lowest BCUT2D eigenvalue weighted by molar-refractivity contribution is 0.402. The molecule has 5 nitrogen and oxygen atoms in total. The molecule has 4 rings (SSSR count). The van der Waals surface area contributed by atoms with Gasteiger partial charge in [0.2, 0.25) is 10.0 Å². The third-order valence-electron chi connectivity index (χ3n) is 4.79. The Morgan fingerprint density at radius 1 is 1.03 bits per heavy atom. The number of benzene rings is 2. The number of hydrogen-bond acceptors (Lipinski definition) is 4. The minimum Gasteiger partial charge on any atom is -0.322 e. The number of halogens is 1. The van der Waals surface area contributed by atoms with Crippen molar-refractivity contribution in [2.75, 3.05) is 0 Å². The van der Waals surface area contributed by atoms with Crippen LogP contribution in [-0.4, -0.2) is 17.7 Å². The number of sulfonamides is 1. The Hall–Kier alpha value is -2.81. The monoisotopic (exact) mass is 442 g/mol. The molecule has 0 saturated carbocycles. The number of aromatic nitrogens is 1. The minimum atomic E-state index is -3.95. The number of aromatic amines is 1. The highest BCUT2D eigenvalue weighted by molar-refractivity contribution is 7.89. The van der Waals surface area contributed by atoms with Crippen LogP contribution in [0.1, 0.15) is 16.0 Å². The molecule has 4 aromatic rings. The second-order valence-corrected chi connectivity index (χ2v) is 9.99. The Kier molecular flexibility index (Phi) is 5.55. The molecular formula is C22H19FN2O3S2. The second-order valence-electron chi connectivity index (χ2n) is 7.02. The summed E-state index contributed by atoms with van der Waals surface area (Å²) >= 11 is 1.43. The topological polar surface area (TPSA) is 70.2 Å². The highest BCUT2D eigenvalue weighted by Gasteiger charge is 2.26. The van der Waals surface area contributed by atoms with Gasteiger partial charge in [0.1, 0.15) is 5.82 Å². The van der Waals surface area contributed by atoms with Crippen LogP contribution in [0.25, 0.3) is 10.9 Å². The number of thiophene rings is 1. The zero-order valence-electron chi connectivity index (χ0n) is 16.1. The molecule has 0 aliphatic carbocycles. The number of hydrogen-bond donors (Lipinski definition) is 1. The van der Waals surface area contributed by atoms with Gasteiger partial charge in [0.25, 0.3) is 5.56 Å². The summed E-state index contributed by atoms with van der Waals surface area (Å²) in [6.07, 6.45) is 0. The van der Waals surface area contributed by atoms with E-state index in [0.29, 0.717) is 11.1 Å². The summed E-state index contributed by atoms with van der Waals surface area (Å²) in [6.45, 7) is 1.96. The van der Waals surface area contributed by atoms with Crippen LogP contribution in [0.4, 0.5) is 4.39 Å². The smallest absolute Gasteiger partial charge is 0.252 e. The summed E-state index contributed by atoms with van der Waals surface area (Å²) in [6, 6.07) is 15.8. The first-order valence-corrected chi connectivity index (χ1v) is 11.6. The molecule has 2 aromatic carbocycles. The molecule has 0 fully saturated rings. The first-order chi connectivity index (χ1) is 14.3. The van der Waals surface area contributed by atoms with E-state index in [-0.39, 0.29) is 23.5 Å². The number of nitrogens with zero attached hydrogens (tertiary/aromatic N) is 1. The van der Waals surface area contributed by atoms with Gasteiger partial charge in [-0.2, -0.15) is 4.31 Å². The van der Waals surface area contributed by atoms with E-state index in [1.807, 2.05) is 42.6 Å². The summed E-state index contributed by atoms with van der Waals surface area (Å²) in [5.41, 5.74) is 1.74. The molecule has 8 heteroatoms. The van der Waals surface area contributed by atoms with Crippen molar-refractivity contribution in [2.45, 2.75) is 24.9 Å². The van der Waals surface area contributed by atoms with Crippen LogP contribution in [0.2, 0.25) is 0 Å². The Morgan fingerprint density at radius 3 is 2.50 bits per heavy atom. The molecule has 0 atom stereocenters. The molecule has 2 aromatic heterocycles. The zero-order chi connectivity index (χ0) is 21.3. The molecule has 154 valence electrons. The lowest BCUT2D eigenvalue weighted by atomic mass is 10.1. The van der Waals surface area contributed by atoms with Gasteiger partial charge >= 0.3 is 0 Å². The Bertz CT molecular complexity index is 1350. The fraction of sp³-hybridized carbons (Fsp3) is 0.136. The second kappa shape index (κ2) is 8.14. The summed E-state index contributed by atoms with van der Waals surface area (Å²) in [5.74, 6) is -0.514. The van der Waals surface area contributed by atoms with Crippen molar-refractivity contribution >= 4 is 32.3 Å². The van der Waals surface area contributed by atoms with Crippen LogP contribution >= 0.6 is 11.3 Å². The lowest BCUT2D eigenvalue weighted by Gasteiger charge is -2.22. The van der Waals surface area contributed by atoms with Gasteiger partial charge in [-0.3, -0.25) is 4.79 Å². The van der Waals surface area contributed by atoms with Crippen LogP contribution < -0.4 is 5.56 Å². The number of pyridine rings is 1. The maximum atomic E-state index is 13.3. The van der Waals surface area contributed by atoms with Crippen molar-refractivity contribution in [3.63, 3.8) is 0 Å². The number of rotatable bonds is 6. The number of fused-ring (bicyclic) bond motifs is 1. The molecule has 0 bridgehead atoms. The van der Waals surface area contributed by atoms with E-state index >= 15 is 0 Å². The molecule has 0 aliphatic rings. The van der Waals surface area contributed by atoms with Gasteiger partial charge in [0, 0.05) is 29.0 Å². The third kappa shape index (κ3) is 4.21. The predicted molar refractivity (Wildman–Crippen MR) is 116 cm³/mol. The Morgan fingerprint density at radius 2 is 1.80 bits per heavy atom.